The molecule has 1 saturated heterocycles. The van der Waals surface area contributed by atoms with Gasteiger partial charge in [0.2, 0.25) is 5.91 Å². The third-order valence-corrected chi connectivity index (χ3v) is 3.74. The molecule has 1 aliphatic heterocycles. The van der Waals surface area contributed by atoms with Crippen LogP contribution in [0.5, 0.6) is 0 Å². The van der Waals surface area contributed by atoms with Gasteiger partial charge < -0.3 is 15.7 Å². The van der Waals surface area contributed by atoms with E-state index in [2.05, 4.69) is 10.6 Å². The Bertz CT molecular complexity index is 487. The number of rotatable bonds is 5. The number of carboxylic acids is 1. The summed E-state index contributed by atoms with van der Waals surface area (Å²) in [5.74, 6) is -2.17. The number of nitrogens with one attached hydrogen (secondary N) is 2. The van der Waals surface area contributed by atoms with Crippen molar-refractivity contribution in [3.05, 3.63) is 0 Å². The Morgan fingerprint density at radius 3 is 2.60 bits per heavy atom. The first kappa shape index (κ1) is 14.3. The number of carboxylic acid groups (broad SMARTS) is 1. The molecule has 2 aliphatic rings. The molecule has 8 nitrogen and oxygen atoms in total. The maximum atomic E-state index is 12.2. The molecule has 2 fully saturated rings. The van der Waals surface area contributed by atoms with Crippen LogP contribution in [0.1, 0.15) is 26.7 Å². The minimum Gasteiger partial charge on any atom is -0.480 e. The van der Waals surface area contributed by atoms with Gasteiger partial charge in [0.15, 0.2) is 0 Å². The highest BCUT2D eigenvalue weighted by atomic mass is 16.4. The number of imide groups is 1. The maximum absolute atomic E-state index is 12.2. The minimum atomic E-state index is -1.18. The zero-order chi connectivity index (χ0) is 15.1. The Morgan fingerprint density at radius 2 is 2.10 bits per heavy atom. The third kappa shape index (κ3) is 2.45. The molecule has 8 heteroatoms. The SMILES string of the molecule is C[C@@H](NC(=O)CN1C(=O)NC(C)(C2CC2)C1=O)C(=O)O. The zero-order valence-corrected chi connectivity index (χ0v) is 11.3. The second-order valence-electron chi connectivity index (χ2n) is 5.43. The largest absolute Gasteiger partial charge is 0.480 e. The molecule has 0 radical (unpaired) electrons. The molecule has 0 bridgehead atoms. The fourth-order valence-electron chi connectivity index (χ4n) is 2.29. The number of amides is 4. The summed E-state index contributed by atoms with van der Waals surface area (Å²) >= 11 is 0. The summed E-state index contributed by atoms with van der Waals surface area (Å²) in [6.07, 6.45) is 1.75. The molecular formula is C12H17N3O5. The van der Waals surface area contributed by atoms with E-state index in [1.807, 2.05) is 0 Å². The van der Waals surface area contributed by atoms with Crippen LogP contribution in [0.4, 0.5) is 4.79 Å². The van der Waals surface area contributed by atoms with Crippen molar-refractivity contribution in [1.29, 1.82) is 0 Å². The van der Waals surface area contributed by atoms with Crippen LogP contribution in [-0.2, 0) is 14.4 Å². The van der Waals surface area contributed by atoms with Gasteiger partial charge in [0.05, 0.1) is 0 Å². The molecule has 3 N–H and O–H groups in total. The van der Waals surface area contributed by atoms with Gasteiger partial charge in [0.1, 0.15) is 18.1 Å². The van der Waals surface area contributed by atoms with Gasteiger partial charge in [-0.05, 0) is 32.6 Å². The Balaban J connectivity index is 1.99. The van der Waals surface area contributed by atoms with Crippen LogP contribution in [0.15, 0.2) is 0 Å². The number of aliphatic carboxylic acids is 1. The van der Waals surface area contributed by atoms with E-state index < -0.39 is 41.9 Å². The molecular weight excluding hydrogens is 266 g/mol. The molecule has 20 heavy (non-hydrogen) atoms. The number of carbonyl (C=O) groups excluding carboxylic acids is 3. The highest BCUT2D eigenvalue weighted by Gasteiger charge is 2.56. The third-order valence-electron chi connectivity index (χ3n) is 3.74. The molecule has 2 atom stereocenters. The zero-order valence-electron chi connectivity index (χ0n) is 11.3. The second-order valence-corrected chi connectivity index (χ2v) is 5.43. The summed E-state index contributed by atoms with van der Waals surface area (Å²) in [4.78, 5) is 47.1. The lowest BCUT2D eigenvalue weighted by molar-refractivity contribution is -0.141. The normalized spacial score (nSPS) is 27.2. The van der Waals surface area contributed by atoms with Crippen molar-refractivity contribution in [2.45, 2.75) is 38.3 Å². The first-order chi connectivity index (χ1) is 9.25. The van der Waals surface area contributed by atoms with Crippen molar-refractivity contribution >= 4 is 23.8 Å². The van der Waals surface area contributed by atoms with Gasteiger partial charge >= 0.3 is 12.0 Å². The van der Waals surface area contributed by atoms with Crippen LogP contribution in [0, 0.1) is 5.92 Å². The molecule has 1 heterocycles. The fraction of sp³-hybridized carbons (Fsp3) is 0.667. The first-order valence-corrected chi connectivity index (χ1v) is 6.42. The van der Waals surface area contributed by atoms with Gasteiger partial charge in [-0.25, -0.2) is 4.79 Å². The topological polar surface area (TPSA) is 116 Å². The lowest BCUT2D eigenvalue weighted by Gasteiger charge is -2.21. The molecule has 4 amide bonds. The van der Waals surface area contributed by atoms with E-state index in [9.17, 15) is 19.2 Å². The summed E-state index contributed by atoms with van der Waals surface area (Å²) in [6, 6.07) is -1.68. The van der Waals surface area contributed by atoms with Crippen LogP contribution in [0.3, 0.4) is 0 Å². The summed E-state index contributed by atoms with van der Waals surface area (Å²) in [5, 5.41) is 13.5. The Labute approximate surface area is 115 Å². The summed E-state index contributed by atoms with van der Waals surface area (Å²) < 4.78 is 0. The lowest BCUT2D eigenvalue weighted by Crippen LogP contribution is -2.48. The predicted molar refractivity (Wildman–Crippen MR) is 66.6 cm³/mol. The van der Waals surface area contributed by atoms with Crippen LogP contribution < -0.4 is 10.6 Å². The molecule has 0 spiro atoms. The average Bonchev–Trinajstić information content (AvgIpc) is 3.15. The maximum Gasteiger partial charge on any atom is 0.325 e. The standard InChI is InChI=1S/C12H17N3O5/c1-6(9(17)18)13-8(16)5-15-10(19)12(2,7-3-4-7)14-11(15)20/h6-7H,3-5H2,1-2H3,(H,13,16)(H,14,20)(H,17,18)/t6-,12?/m1/s1. The van der Waals surface area contributed by atoms with E-state index in [1.54, 1.807) is 6.92 Å². The Hall–Kier alpha value is -2.12. The Kier molecular flexibility index (Phi) is 3.41. The van der Waals surface area contributed by atoms with Crippen LogP contribution >= 0.6 is 0 Å². The second kappa shape index (κ2) is 4.77. The lowest BCUT2D eigenvalue weighted by atomic mass is 9.96. The van der Waals surface area contributed by atoms with Crippen molar-refractivity contribution in [1.82, 2.24) is 15.5 Å². The van der Waals surface area contributed by atoms with Crippen molar-refractivity contribution in [2.75, 3.05) is 6.54 Å². The summed E-state index contributed by atoms with van der Waals surface area (Å²) in [7, 11) is 0. The number of urea groups is 1. The highest BCUT2D eigenvalue weighted by Crippen LogP contribution is 2.42. The fourth-order valence-corrected chi connectivity index (χ4v) is 2.29. The van der Waals surface area contributed by atoms with E-state index in [0.717, 1.165) is 17.7 Å². The number of hydrogen-bond donors (Lipinski definition) is 3. The van der Waals surface area contributed by atoms with Gasteiger partial charge in [0, 0.05) is 0 Å². The van der Waals surface area contributed by atoms with E-state index in [0.29, 0.717) is 0 Å². The van der Waals surface area contributed by atoms with E-state index in [-0.39, 0.29) is 5.92 Å². The minimum absolute atomic E-state index is 0.116. The van der Waals surface area contributed by atoms with Gasteiger partial charge in [-0.3, -0.25) is 19.3 Å². The molecule has 0 aromatic heterocycles. The summed E-state index contributed by atoms with van der Waals surface area (Å²) in [6.45, 7) is 2.49. The van der Waals surface area contributed by atoms with Gasteiger partial charge in [-0.15, -0.1) is 0 Å². The van der Waals surface area contributed by atoms with E-state index in [4.69, 9.17) is 5.11 Å². The van der Waals surface area contributed by atoms with Crippen LogP contribution in [-0.4, -0.2) is 51.9 Å². The van der Waals surface area contributed by atoms with Crippen molar-refractivity contribution < 1.29 is 24.3 Å². The van der Waals surface area contributed by atoms with Crippen molar-refractivity contribution in [3.63, 3.8) is 0 Å². The van der Waals surface area contributed by atoms with E-state index in [1.165, 1.54) is 6.92 Å². The molecule has 0 aromatic carbocycles. The van der Waals surface area contributed by atoms with Gasteiger partial charge in [-0.1, -0.05) is 0 Å². The van der Waals surface area contributed by atoms with Crippen LogP contribution in [0.2, 0.25) is 0 Å². The number of hydrogen-bond acceptors (Lipinski definition) is 4. The molecule has 1 saturated carbocycles. The average molecular weight is 283 g/mol. The van der Waals surface area contributed by atoms with Crippen LogP contribution in [0.25, 0.3) is 0 Å². The smallest absolute Gasteiger partial charge is 0.325 e. The molecule has 1 aliphatic carbocycles. The van der Waals surface area contributed by atoms with Gasteiger partial charge in [-0.2, -0.15) is 0 Å². The molecule has 2 rings (SSSR count). The number of nitrogens with zero attached hydrogens (tertiary/aromatic N) is 1. The summed E-state index contributed by atoms with van der Waals surface area (Å²) in [5.41, 5.74) is -0.935. The quantitative estimate of drug-likeness (QED) is 0.577. The molecule has 110 valence electrons. The first-order valence-electron chi connectivity index (χ1n) is 6.42. The monoisotopic (exact) mass is 283 g/mol. The molecule has 0 aromatic rings. The molecule has 1 unspecified atom stereocenters. The van der Waals surface area contributed by atoms with Gasteiger partial charge in [0.25, 0.3) is 5.91 Å². The Morgan fingerprint density at radius 1 is 1.50 bits per heavy atom. The van der Waals surface area contributed by atoms with E-state index >= 15 is 0 Å². The highest BCUT2D eigenvalue weighted by molar-refractivity contribution is 6.09. The van der Waals surface area contributed by atoms with Crippen molar-refractivity contribution in [3.8, 4) is 0 Å². The number of carbonyl (C=O) groups is 4. The van der Waals surface area contributed by atoms with Crippen molar-refractivity contribution in [2.24, 2.45) is 5.92 Å². The predicted octanol–water partition coefficient (Wildman–Crippen LogP) is -0.704.